The SMILES string of the molecule is CCOC(O)CN1CCOCCOCCN(C(=O)OC(C)(C)C)CCOCCOCC1. The number of hydrogen-bond donors (Lipinski definition) is 1. The van der Waals surface area contributed by atoms with Gasteiger partial charge >= 0.3 is 6.09 Å². The molecule has 0 bridgehead atoms. The Balaban J connectivity index is 2.48. The van der Waals surface area contributed by atoms with Crippen LogP contribution in [0.2, 0.25) is 0 Å². The van der Waals surface area contributed by atoms with Gasteiger partial charge in [-0.05, 0) is 27.7 Å². The van der Waals surface area contributed by atoms with Crippen LogP contribution in [0.15, 0.2) is 0 Å². The lowest BCUT2D eigenvalue weighted by atomic mass is 10.2. The minimum atomic E-state index is -0.831. The van der Waals surface area contributed by atoms with Crippen LogP contribution in [0.5, 0.6) is 0 Å². The average Bonchev–Trinajstić information content (AvgIpc) is 2.68. The zero-order valence-electron chi connectivity index (χ0n) is 19.7. The third-order valence-electron chi connectivity index (χ3n) is 4.28. The predicted octanol–water partition coefficient (Wildman–Crippen LogP) is 0.960. The minimum Gasteiger partial charge on any atom is -0.444 e. The molecule has 0 aliphatic carbocycles. The first-order valence-corrected chi connectivity index (χ1v) is 11.1. The van der Waals surface area contributed by atoms with E-state index in [1.165, 1.54) is 0 Å². The number of ether oxygens (including phenoxy) is 6. The molecule has 0 aromatic carbocycles. The Morgan fingerprint density at radius 3 is 1.74 bits per heavy atom. The van der Waals surface area contributed by atoms with Gasteiger partial charge < -0.3 is 38.4 Å². The first kappa shape index (κ1) is 28.0. The van der Waals surface area contributed by atoms with E-state index in [9.17, 15) is 9.90 Å². The van der Waals surface area contributed by atoms with E-state index in [1.54, 1.807) is 4.90 Å². The molecule has 1 saturated heterocycles. The van der Waals surface area contributed by atoms with Crippen molar-refractivity contribution in [1.82, 2.24) is 9.80 Å². The average molecular weight is 451 g/mol. The maximum atomic E-state index is 12.4. The summed E-state index contributed by atoms with van der Waals surface area (Å²) in [5, 5.41) is 9.90. The number of aliphatic hydroxyl groups is 1. The number of hydrogen-bond acceptors (Lipinski definition) is 9. The molecule has 0 spiro atoms. The summed E-state index contributed by atoms with van der Waals surface area (Å²) < 4.78 is 33.2. The standard InChI is InChI=1S/C21H42N2O8/c1-5-30-19(24)18-22-6-10-26-14-16-28-12-8-23(20(25)31-21(2,3)4)9-13-29-17-15-27-11-7-22/h19,24H,5-18H2,1-4H3. The minimum absolute atomic E-state index is 0.379. The smallest absolute Gasteiger partial charge is 0.410 e. The maximum absolute atomic E-state index is 12.4. The quantitative estimate of drug-likeness (QED) is 0.628. The Kier molecular flexibility index (Phi) is 15.0. The predicted molar refractivity (Wildman–Crippen MR) is 115 cm³/mol. The summed E-state index contributed by atoms with van der Waals surface area (Å²) in [6.45, 7) is 13.9. The highest BCUT2D eigenvalue weighted by molar-refractivity contribution is 5.68. The lowest BCUT2D eigenvalue weighted by Gasteiger charge is -2.27. The monoisotopic (exact) mass is 450 g/mol. The zero-order chi connectivity index (χ0) is 23.0. The van der Waals surface area contributed by atoms with Crippen molar-refractivity contribution in [2.24, 2.45) is 0 Å². The maximum Gasteiger partial charge on any atom is 0.410 e. The van der Waals surface area contributed by atoms with Gasteiger partial charge in [0.1, 0.15) is 5.60 Å². The normalized spacial score (nSPS) is 21.1. The largest absolute Gasteiger partial charge is 0.444 e. The Hall–Kier alpha value is -1.01. The van der Waals surface area contributed by atoms with Crippen LogP contribution >= 0.6 is 0 Å². The highest BCUT2D eigenvalue weighted by atomic mass is 16.6. The van der Waals surface area contributed by atoms with Crippen LogP contribution in [0.1, 0.15) is 27.7 Å². The van der Waals surface area contributed by atoms with Crippen LogP contribution in [0, 0.1) is 0 Å². The second-order valence-corrected chi connectivity index (χ2v) is 8.13. The fourth-order valence-corrected chi connectivity index (χ4v) is 2.76. The van der Waals surface area contributed by atoms with Crippen molar-refractivity contribution in [2.45, 2.75) is 39.6 Å². The van der Waals surface area contributed by atoms with Gasteiger partial charge in [0, 0.05) is 39.3 Å². The van der Waals surface area contributed by atoms with E-state index in [0.717, 1.165) is 0 Å². The van der Waals surface area contributed by atoms with Gasteiger partial charge in [-0.15, -0.1) is 0 Å². The molecule has 1 aliphatic heterocycles. The van der Waals surface area contributed by atoms with Gasteiger partial charge in [0.15, 0.2) is 6.29 Å². The number of amides is 1. The molecule has 1 rings (SSSR count). The lowest BCUT2D eigenvalue weighted by molar-refractivity contribution is -0.113. The molecule has 0 aromatic heterocycles. The molecule has 1 aliphatic rings. The molecule has 1 N–H and O–H groups in total. The topological polar surface area (TPSA) is 99.2 Å². The van der Waals surface area contributed by atoms with Gasteiger partial charge in [0.05, 0.1) is 52.9 Å². The van der Waals surface area contributed by atoms with Gasteiger partial charge in [0.25, 0.3) is 0 Å². The third kappa shape index (κ3) is 15.4. The molecule has 10 heteroatoms. The second-order valence-electron chi connectivity index (χ2n) is 8.13. The van der Waals surface area contributed by atoms with E-state index in [4.69, 9.17) is 28.4 Å². The Bertz CT molecular complexity index is 441. The van der Waals surface area contributed by atoms with E-state index < -0.39 is 11.9 Å². The molecule has 1 heterocycles. The Morgan fingerprint density at radius 2 is 1.32 bits per heavy atom. The number of rotatable bonds is 4. The summed E-state index contributed by atoms with van der Waals surface area (Å²) in [7, 11) is 0. The summed E-state index contributed by atoms with van der Waals surface area (Å²) >= 11 is 0. The zero-order valence-corrected chi connectivity index (χ0v) is 19.7. The number of nitrogens with zero attached hydrogens (tertiary/aromatic N) is 2. The van der Waals surface area contributed by atoms with Crippen LogP contribution < -0.4 is 0 Å². The fraction of sp³-hybridized carbons (Fsp3) is 0.952. The van der Waals surface area contributed by atoms with Crippen molar-refractivity contribution >= 4 is 6.09 Å². The molecule has 1 unspecified atom stereocenters. The molecular formula is C21H42N2O8. The number of carbonyl (C=O) groups excluding carboxylic acids is 1. The van der Waals surface area contributed by atoms with E-state index in [1.807, 2.05) is 32.6 Å². The summed E-state index contributed by atoms with van der Waals surface area (Å²) in [5.41, 5.74) is -0.556. The lowest BCUT2D eigenvalue weighted by Crippen LogP contribution is -2.41. The van der Waals surface area contributed by atoms with Crippen LogP contribution in [-0.2, 0) is 28.4 Å². The van der Waals surface area contributed by atoms with Crippen LogP contribution in [0.3, 0.4) is 0 Å². The van der Waals surface area contributed by atoms with Crippen molar-refractivity contribution in [2.75, 3.05) is 92.2 Å². The number of carbonyl (C=O) groups is 1. The van der Waals surface area contributed by atoms with E-state index in [2.05, 4.69) is 0 Å². The summed E-state index contributed by atoms with van der Waals surface area (Å²) in [6, 6.07) is 0. The van der Waals surface area contributed by atoms with Gasteiger partial charge in [-0.2, -0.15) is 0 Å². The first-order chi connectivity index (χ1) is 14.8. The van der Waals surface area contributed by atoms with Gasteiger partial charge in [-0.25, -0.2) is 4.79 Å². The van der Waals surface area contributed by atoms with Crippen molar-refractivity contribution in [3.05, 3.63) is 0 Å². The molecule has 10 nitrogen and oxygen atoms in total. The third-order valence-corrected chi connectivity index (χ3v) is 4.28. The van der Waals surface area contributed by atoms with Crippen LogP contribution in [0.4, 0.5) is 4.79 Å². The molecule has 0 saturated carbocycles. The Morgan fingerprint density at radius 1 is 0.871 bits per heavy atom. The fourth-order valence-electron chi connectivity index (χ4n) is 2.76. The molecular weight excluding hydrogens is 408 g/mol. The van der Waals surface area contributed by atoms with Gasteiger partial charge in [0.2, 0.25) is 0 Å². The molecule has 0 aromatic rings. The van der Waals surface area contributed by atoms with Crippen LogP contribution in [-0.4, -0.2) is 125 Å². The van der Waals surface area contributed by atoms with E-state index in [-0.39, 0.29) is 6.09 Å². The molecule has 1 fully saturated rings. The highest BCUT2D eigenvalue weighted by Gasteiger charge is 2.22. The molecule has 1 amide bonds. The molecule has 0 radical (unpaired) electrons. The highest BCUT2D eigenvalue weighted by Crippen LogP contribution is 2.10. The number of β-amino-alcohol motifs (C(OH)–C–C–N with tert-alkyl or cyclic N) is 1. The Labute approximate surface area is 186 Å². The van der Waals surface area contributed by atoms with Crippen molar-refractivity contribution < 1.29 is 38.3 Å². The molecule has 1 atom stereocenters. The first-order valence-electron chi connectivity index (χ1n) is 11.1. The summed E-state index contributed by atoms with van der Waals surface area (Å²) in [6.07, 6.45) is -1.21. The van der Waals surface area contributed by atoms with Gasteiger partial charge in [-0.1, -0.05) is 0 Å². The second kappa shape index (κ2) is 16.6. The summed E-state index contributed by atoms with van der Waals surface area (Å²) in [4.78, 5) is 16.0. The number of aliphatic hydroxyl groups excluding tert-OH is 1. The molecule has 184 valence electrons. The van der Waals surface area contributed by atoms with Gasteiger partial charge in [-0.3, -0.25) is 4.90 Å². The van der Waals surface area contributed by atoms with Crippen molar-refractivity contribution in [3.8, 4) is 0 Å². The van der Waals surface area contributed by atoms with E-state index in [0.29, 0.717) is 92.2 Å². The molecule has 31 heavy (non-hydrogen) atoms. The van der Waals surface area contributed by atoms with Crippen molar-refractivity contribution in [3.63, 3.8) is 0 Å². The van der Waals surface area contributed by atoms with Crippen LogP contribution in [0.25, 0.3) is 0 Å². The van der Waals surface area contributed by atoms with Crippen molar-refractivity contribution in [1.29, 1.82) is 0 Å². The van der Waals surface area contributed by atoms with E-state index >= 15 is 0 Å². The summed E-state index contributed by atoms with van der Waals surface area (Å²) in [5.74, 6) is 0.